The van der Waals surface area contributed by atoms with Crippen LogP contribution in [-0.4, -0.2) is 38.0 Å². The van der Waals surface area contributed by atoms with Crippen LogP contribution in [0.2, 0.25) is 0 Å². The number of methoxy groups -OCH3 is 1. The van der Waals surface area contributed by atoms with Gasteiger partial charge in [0.2, 0.25) is 0 Å². The molecule has 6 nitrogen and oxygen atoms in total. The van der Waals surface area contributed by atoms with E-state index in [1.165, 1.54) is 0 Å². The van der Waals surface area contributed by atoms with Crippen molar-refractivity contribution in [3.63, 3.8) is 0 Å². The highest BCUT2D eigenvalue weighted by Gasteiger charge is 2.54. The molecule has 2 aliphatic rings. The van der Waals surface area contributed by atoms with Gasteiger partial charge in [-0.05, 0) is 11.1 Å². The van der Waals surface area contributed by atoms with Gasteiger partial charge in [-0.25, -0.2) is 0 Å². The maximum Gasteiger partial charge on any atom is 0.193 e. The van der Waals surface area contributed by atoms with Crippen LogP contribution in [-0.2, 0) is 41.6 Å². The summed E-state index contributed by atoms with van der Waals surface area (Å²) < 4.78 is 36.9. The minimum atomic E-state index is -0.658. The molecule has 3 aromatic carbocycles. The third kappa shape index (κ3) is 5.17. The van der Waals surface area contributed by atoms with Crippen LogP contribution in [0.3, 0.4) is 0 Å². The Balaban J connectivity index is 1.37. The van der Waals surface area contributed by atoms with Crippen molar-refractivity contribution in [2.75, 3.05) is 7.11 Å². The van der Waals surface area contributed by atoms with E-state index in [0.29, 0.717) is 13.2 Å². The quantitative estimate of drug-likeness (QED) is 0.502. The van der Waals surface area contributed by atoms with E-state index in [2.05, 4.69) is 0 Å². The lowest BCUT2D eigenvalue weighted by Crippen LogP contribution is -2.58. The maximum atomic E-state index is 6.41. The van der Waals surface area contributed by atoms with Crippen LogP contribution in [0, 0.1) is 0 Å². The van der Waals surface area contributed by atoms with Crippen molar-refractivity contribution in [2.24, 2.45) is 0 Å². The first kappa shape index (κ1) is 22.2. The second kappa shape index (κ2) is 10.6. The van der Waals surface area contributed by atoms with E-state index in [4.69, 9.17) is 28.4 Å². The molecule has 0 aromatic heterocycles. The largest absolute Gasteiger partial charge is 0.368 e. The number of fused-ring (bicyclic) bond motifs is 1. The number of ether oxygens (including phenoxy) is 6. The molecule has 0 spiro atoms. The van der Waals surface area contributed by atoms with Crippen molar-refractivity contribution in [3.05, 3.63) is 108 Å². The van der Waals surface area contributed by atoms with Crippen LogP contribution in [0.15, 0.2) is 91.0 Å². The Hall–Kier alpha value is -2.58. The Bertz CT molecular complexity index is 983. The van der Waals surface area contributed by atoms with Gasteiger partial charge in [0.25, 0.3) is 0 Å². The van der Waals surface area contributed by atoms with E-state index in [0.717, 1.165) is 16.7 Å². The average Bonchev–Trinajstić information content (AvgIpc) is 3.31. The summed E-state index contributed by atoms with van der Waals surface area (Å²) in [5.41, 5.74) is 3.05. The van der Waals surface area contributed by atoms with Crippen molar-refractivity contribution < 1.29 is 28.4 Å². The zero-order chi connectivity index (χ0) is 22.5. The van der Waals surface area contributed by atoms with E-state index in [9.17, 15) is 0 Å². The van der Waals surface area contributed by atoms with Crippen LogP contribution in [0.25, 0.3) is 0 Å². The molecule has 0 aliphatic carbocycles. The highest BCUT2D eigenvalue weighted by molar-refractivity contribution is 5.18. The molecular formula is C27H28O6. The third-order valence-electron chi connectivity index (χ3n) is 5.87. The van der Waals surface area contributed by atoms with Crippen molar-refractivity contribution in [3.8, 4) is 0 Å². The van der Waals surface area contributed by atoms with E-state index in [-0.39, 0.29) is 0 Å². The van der Waals surface area contributed by atoms with E-state index in [1.807, 2.05) is 91.0 Å². The molecular weight excluding hydrogens is 420 g/mol. The van der Waals surface area contributed by atoms with Gasteiger partial charge in [0.15, 0.2) is 18.9 Å². The molecule has 0 amide bonds. The highest BCUT2D eigenvalue weighted by Crippen LogP contribution is 2.40. The zero-order valence-corrected chi connectivity index (χ0v) is 18.5. The fraction of sp³-hybridized carbons (Fsp3) is 0.333. The molecule has 2 aliphatic heterocycles. The molecule has 2 saturated heterocycles. The number of benzene rings is 3. The van der Waals surface area contributed by atoms with Crippen LogP contribution < -0.4 is 0 Å². The standard InChI is InChI=1S/C27H28O6/c1-28-26-23(30-18-20-13-7-3-8-14-20)22(29-17-19-11-5-2-6-12-19)24-27(33-26)32-25(31-24)21-15-9-4-10-16-21/h2-16,22-27H,17-18H2,1H3/t22-,23-,24+,25-,26-,27+/m1/s1. The molecule has 6 atom stereocenters. The van der Waals surface area contributed by atoms with Gasteiger partial charge in [-0.15, -0.1) is 0 Å². The first-order chi connectivity index (χ1) is 16.3. The van der Waals surface area contributed by atoms with Gasteiger partial charge in [-0.3, -0.25) is 0 Å². The Morgan fingerprint density at radius 1 is 0.636 bits per heavy atom. The molecule has 0 radical (unpaired) electrons. The molecule has 0 bridgehead atoms. The molecule has 3 aromatic rings. The molecule has 2 heterocycles. The first-order valence-electron chi connectivity index (χ1n) is 11.2. The van der Waals surface area contributed by atoms with Gasteiger partial charge in [0.05, 0.1) is 13.2 Å². The zero-order valence-electron chi connectivity index (χ0n) is 18.5. The minimum absolute atomic E-state index is 0.403. The SMILES string of the molecule is CO[C@@H]1O[C@@H]2O[C@H](c3ccccc3)O[C@H]2[C@H](OCc2ccccc2)[C@H]1OCc1ccccc1. The molecule has 33 heavy (non-hydrogen) atoms. The van der Waals surface area contributed by atoms with E-state index in [1.54, 1.807) is 7.11 Å². The summed E-state index contributed by atoms with van der Waals surface area (Å²) in [4.78, 5) is 0. The number of rotatable bonds is 8. The predicted molar refractivity (Wildman–Crippen MR) is 121 cm³/mol. The average molecular weight is 449 g/mol. The summed E-state index contributed by atoms with van der Waals surface area (Å²) in [7, 11) is 1.60. The van der Waals surface area contributed by atoms with Crippen molar-refractivity contribution in [1.29, 1.82) is 0 Å². The predicted octanol–water partition coefficient (Wildman–Crippen LogP) is 4.60. The Labute approximate surface area is 193 Å². The van der Waals surface area contributed by atoms with Gasteiger partial charge in [-0.2, -0.15) is 0 Å². The van der Waals surface area contributed by atoms with Crippen molar-refractivity contribution in [2.45, 2.75) is 50.4 Å². The first-order valence-corrected chi connectivity index (χ1v) is 11.2. The highest BCUT2D eigenvalue weighted by atomic mass is 16.9. The monoisotopic (exact) mass is 448 g/mol. The van der Waals surface area contributed by atoms with Gasteiger partial charge in [0, 0.05) is 12.7 Å². The number of hydrogen-bond acceptors (Lipinski definition) is 6. The summed E-state index contributed by atoms with van der Waals surface area (Å²) in [6.45, 7) is 0.815. The lowest BCUT2D eigenvalue weighted by Gasteiger charge is -2.41. The van der Waals surface area contributed by atoms with Gasteiger partial charge in [0.1, 0.15) is 18.3 Å². The topological polar surface area (TPSA) is 55.4 Å². The van der Waals surface area contributed by atoms with Gasteiger partial charge < -0.3 is 28.4 Å². The Kier molecular flexibility index (Phi) is 7.12. The van der Waals surface area contributed by atoms with Gasteiger partial charge >= 0.3 is 0 Å². The second-order valence-electron chi connectivity index (χ2n) is 8.11. The molecule has 0 unspecified atom stereocenters. The Morgan fingerprint density at radius 3 is 1.76 bits per heavy atom. The molecule has 0 saturated carbocycles. The molecule has 172 valence electrons. The second-order valence-corrected chi connectivity index (χ2v) is 8.11. The summed E-state index contributed by atoms with van der Waals surface area (Å²) in [6.07, 6.45) is -3.25. The van der Waals surface area contributed by atoms with Crippen LogP contribution in [0.5, 0.6) is 0 Å². The van der Waals surface area contributed by atoms with E-state index >= 15 is 0 Å². The van der Waals surface area contributed by atoms with Gasteiger partial charge in [-0.1, -0.05) is 91.0 Å². The summed E-state index contributed by atoms with van der Waals surface area (Å²) >= 11 is 0. The molecule has 6 heteroatoms. The summed E-state index contributed by atoms with van der Waals surface area (Å²) in [6, 6.07) is 29.9. The van der Waals surface area contributed by atoms with Crippen LogP contribution in [0.1, 0.15) is 23.0 Å². The number of hydrogen-bond donors (Lipinski definition) is 0. The smallest absolute Gasteiger partial charge is 0.193 e. The lowest BCUT2D eigenvalue weighted by molar-refractivity contribution is -0.327. The van der Waals surface area contributed by atoms with Crippen LogP contribution >= 0.6 is 0 Å². The minimum Gasteiger partial charge on any atom is -0.368 e. The van der Waals surface area contributed by atoms with Crippen molar-refractivity contribution in [1.82, 2.24) is 0 Å². The fourth-order valence-corrected chi connectivity index (χ4v) is 4.18. The lowest BCUT2D eigenvalue weighted by atomic mass is 10.0. The van der Waals surface area contributed by atoms with Crippen LogP contribution in [0.4, 0.5) is 0 Å². The Morgan fingerprint density at radius 2 is 1.18 bits per heavy atom. The maximum absolute atomic E-state index is 6.41. The molecule has 2 fully saturated rings. The third-order valence-corrected chi connectivity index (χ3v) is 5.87. The normalized spacial score (nSPS) is 29.0. The van der Waals surface area contributed by atoms with Crippen molar-refractivity contribution >= 4 is 0 Å². The molecule has 5 rings (SSSR count). The summed E-state index contributed by atoms with van der Waals surface area (Å²) in [5.74, 6) is 0. The summed E-state index contributed by atoms with van der Waals surface area (Å²) in [5, 5.41) is 0. The fourth-order valence-electron chi connectivity index (χ4n) is 4.18. The van der Waals surface area contributed by atoms with E-state index < -0.39 is 37.2 Å². The molecule has 0 N–H and O–H groups in total.